The third-order valence-electron chi connectivity index (χ3n) is 4.24. The van der Waals surface area contributed by atoms with E-state index >= 15 is 0 Å². The Morgan fingerprint density at radius 3 is 2.41 bits per heavy atom. The monoisotopic (exact) mass is 237 g/mol. The van der Waals surface area contributed by atoms with Gasteiger partial charge in [-0.25, -0.2) is 0 Å². The molecular weight excluding hydrogens is 214 g/mol. The van der Waals surface area contributed by atoms with Crippen molar-refractivity contribution in [2.24, 2.45) is 5.92 Å². The van der Waals surface area contributed by atoms with E-state index in [1.807, 2.05) is 0 Å². The van der Waals surface area contributed by atoms with Crippen molar-refractivity contribution in [1.82, 2.24) is 4.90 Å². The van der Waals surface area contributed by atoms with Gasteiger partial charge in [0.25, 0.3) is 0 Å². The number of carbonyl (C=O) groups is 1. The van der Waals surface area contributed by atoms with Crippen LogP contribution >= 0.6 is 0 Å². The molecule has 96 valence electrons. The molecule has 0 saturated carbocycles. The largest absolute Gasteiger partial charge is 0.481 e. The van der Waals surface area contributed by atoms with Crippen molar-refractivity contribution in [3.8, 4) is 0 Å². The molecule has 2 aliphatic rings. The molecular formula is C14H23NO2. The maximum Gasteiger partial charge on any atom is 0.303 e. The second-order valence-electron chi connectivity index (χ2n) is 5.77. The van der Waals surface area contributed by atoms with Crippen LogP contribution in [0.2, 0.25) is 0 Å². The molecule has 0 aromatic rings. The zero-order valence-electron chi connectivity index (χ0n) is 10.7. The summed E-state index contributed by atoms with van der Waals surface area (Å²) in [7, 11) is 0. The molecule has 2 atom stereocenters. The Morgan fingerprint density at radius 1 is 1.35 bits per heavy atom. The van der Waals surface area contributed by atoms with E-state index in [0.717, 1.165) is 25.8 Å². The van der Waals surface area contributed by atoms with Gasteiger partial charge in [-0.1, -0.05) is 5.57 Å². The first kappa shape index (κ1) is 12.6. The number of carboxylic acids is 1. The molecule has 1 N–H and O–H groups in total. The Labute approximate surface area is 103 Å². The minimum absolute atomic E-state index is 0.362. The van der Waals surface area contributed by atoms with Crippen LogP contribution in [0.3, 0.4) is 0 Å². The van der Waals surface area contributed by atoms with Gasteiger partial charge in [-0.3, -0.25) is 9.69 Å². The maximum atomic E-state index is 10.8. The van der Waals surface area contributed by atoms with Crippen molar-refractivity contribution in [3.63, 3.8) is 0 Å². The number of fused-ring (bicyclic) bond motifs is 2. The van der Waals surface area contributed by atoms with Crippen molar-refractivity contribution >= 4 is 5.97 Å². The summed E-state index contributed by atoms with van der Waals surface area (Å²) < 4.78 is 0. The van der Waals surface area contributed by atoms with E-state index in [-0.39, 0.29) is 0 Å². The average molecular weight is 237 g/mol. The summed E-state index contributed by atoms with van der Waals surface area (Å²) in [6.45, 7) is 7.16. The highest BCUT2D eigenvalue weighted by molar-refractivity contribution is 5.67. The van der Waals surface area contributed by atoms with E-state index in [9.17, 15) is 4.79 Å². The van der Waals surface area contributed by atoms with Crippen LogP contribution in [0, 0.1) is 5.92 Å². The molecule has 0 amide bonds. The zero-order chi connectivity index (χ0) is 12.4. The molecule has 2 rings (SSSR count). The van der Waals surface area contributed by atoms with Gasteiger partial charge in [-0.2, -0.15) is 0 Å². The molecule has 17 heavy (non-hydrogen) atoms. The minimum Gasteiger partial charge on any atom is -0.481 e. The van der Waals surface area contributed by atoms with Crippen molar-refractivity contribution in [3.05, 3.63) is 12.2 Å². The lowest BCUT2D eigenvalue weighted by Crippen LogP contribution is -2.43. The Kier molecular flexibility index (Phi) is 3.87. The predicted molar refractivity (Wildman–Crippen MR) is 67.9 cm³/mol. The third-order valence-corrected chi connectivity index (χ3v) is 4.24. The Morgan fingerprint density at radius 2 is 1.94 bits per heavy atom. The predicted octanol–water partition coefficient (Wildman–Crippen LogP) is 2.67. The summed E-state index contributed by atoms with van der Waals surface area (Å²) in [5.41, 5.74) is 1.25. The molecule has 2 aliphatic heterocycles. The molecule has 0 aliphatic carbocycles. The second-order valence-corrected chi connectivity index (χ2v) is 5.77. The second kappa shape index (κ2) is 5.21. The van der Waals surface area contributed by atoms with Crippen LogP contribution in [0.25, 0.3) is 0 Å². The van der Waals surface area contributed by atoms with Crippen molar-refractivity contribution in [2.75, 3.05) is 6.54 Å². The van der Waals surface area contributed by atoms with Gasteiger partial charge in [0.2, 0.25) is 0 Å². The van der Waals surface area contributed by atoms with Gasteiger partial charge >= 0.3 is 5.97 Å². The molecule has 3 heteroatoms. The van der Waals surface area contributed by atoms with E-state index in [1.165, 1.54) is 18.4 Å². The normalized spacial score (nSPS) is 32.6. The van der Waals surface area contributed by atoms with Gasteiger partial charge < -0.3 is 5.11 Å². The maximum absolute atomic E-state index is 10.8. The smallest absolute Gasteiger partial charge is 0.303 e. The van der Waals surface area contributed by atoms with E-state index < -0.39 is 5.97 Å². The molecule has 0 aromatic heterocycles. The molecule has 3 nitrogen and oxygen atoms in total. The molecule has 2 heterocycles. The fourth-order valence-corrected chi connectivity index (χ4v) is 3.49. The standard InChI is InChI=1S/C14H23NO2/c1-10(2)5-6-15-12-3-4-13(15)8-11(7-12)9-14(16)17/h11-13H,1,3-9H2,2H3,(H,16,17). The van der Waals surface area contributed by atoms with Crippen molar-refractivity contribution < 1.29 is 9.90 Å². The van der Waals surface area contributed by atoms with Gasteiger partial charge in [0.05, 0.1) is 0 Å². The summed E-state index contributed by atoms with van der Waals surface area (Å²) in [6.07, 6.45) is 6.13. The van der Waals surface area contributed by atoms with Crippen LogP contribution in [0.5, 0.6) is 0 Å². The third kappa shape index (κ3) is 3.09. The minimum atomic E-state index is -0.634. The van der Waals surface area contributed by atoms with E-state index in [1.54, 1.807) is 0 Å². The molecule has 2 bridgehead atoms. The first-order valence-corrected chi connectivity index (χ1v) is 6.68. The number of hydrogen-bond acceptors (Lipinski definition) is 2. The molecule has 2 unspecified atom stereocenters. The quantitative estimate of drug-likeness (QED) is 0.747. The highest BCUT2D eigenvalue weighted by Gasteiger charge is 2.40. The van der Waals surface area contributed by atoms with Crippen LogP contribution in [-0.4, -0.2) is 34.6 Å². The Hall–Kier alpha value is -0.830. The lowest BCUT2D eigenvalue weighted by Gasteiger charge is -2.38. The van der Waals surface area contributed by atoms with Crippen LogP contribution in [0.4, 0.5) is 0 Å². The van der Waals surface area contributed by atoms with Gasteiger partial charge in [0.15, 0.2) is 0 Å². The molecule has 0 spiro atoms. The van der Waals surface area contributed by atoms with Gasteiger partial charge in [-0.15, -0.1) is 6.58 Å². The lowest BCUT2D eigenvalue weighted by molar-refractivity contribution is -0.138. The van der Waals surface area contributed by atoms with E-state index in [4.69, 9.17) is 5.11 Å². The first-order chi connectivity index (χ1) is 8.06. The summed E-state index contributed by atoms with van der Waals surface area (Å²) >= 11 is 0. The molecule has 0 radical (unpaired) electrons. The highest BCUT2D eigenvalue weighted by atomic mass is 16.4. The first-order valence-electron chi connectivity index (χ1n) is 6.68. The molecule has 0 aromatic carbocycles. The van der Waals surface area contributed by atoms with Crippen LogP contribution in [0.15, 0.2) is 12.2 Å². The number of aliphatic carboxylic acids is 1. The Balaban J connectivity index is 1.88. The molecule has 2 saturated heterocycles. The van der Waals surface area contributed by atoms with Crippen LogP contribution < -0.4 is 0 Å². The molecule has 2 fully saturated rings. The van der Waals surface area contributed by atoms with Crippen molar-refractivity contribution in [2.45, 2.75) is 57.5 Å². The Bertz CT molecular complexity index is 299. The number of piperidine rings is 1. The van der Waals surface area contributed by atoms with E-state index in [2.05, 4.69) is 18.4 Å². The van der Waals surface area contributed by atoms with E-state index in [0.29, 0.717) is 24.4 Å². The fraction of sp³-hybridized carbons (Fsp3) is 0.786. The van der Waals surface area contributed by atoms with Gasteiger partial charge in [0, 0.05) is 25.0 Å². The average Bonchev–Trinajstić information content (AvgIpc) is 2.45. The number of carboxylic acid groups (broad SMARTS) is 1. The van der Waals surface area contributed by atoms with Gasteiger partial charge in [-0.05, 0) is 44.9 Å². The van der Waals surface area contributed by atoms with Crippen LogP contribution in [0.1, 0.15) is 45.4 Å². The summed E-state index contributed by atoms with van der Waals surface area (Å²) in [5, 5.41) is 8.88. The summed E-state index contributed by atoms with van der Waals surface area (Å²) in [6, 6.07) is 1.27. The highest BCUT2D eigenvalue weighted by Crippen LogP contribution is 2.39. The topological polar surface area (TPSA) is 40.5 Å². The van der Waals surface area contributed by atoms with Crippen LogP contribution in [-0.2, 0) is 4.79 Å². The summed E-state index contributed by atoms with van der Waals surface area (Å²) in [4.78, 5) is 13.4. The summed E-state index contributed by atoms with van der Waals surface area (Å²) in [5.74, 6) is -0.226. The SMILES string of the molecule is C=C(C)CCN1C2CCC1CC(CC(=O)O)C2. The fourth-order valence-electron chi connectivity index (χ4n) is 3.49. The number of rotatable bonds is 5. The zero-order valence-corrected chi connectivity index (χ0v) is 10.7. The number of nitrogens with zero attached hydrogens (tertiary/aromatic N) is 1. The van der Waals surface area contributed by atoms with Gasteiger partial charge in [0.1, 0.15) is 0 Å². The number of hydrogen-bond donors (Lipinski definition) is 1. The lowest BCUT2D eigenvalue weighted by atomic mass is 9.88. The van der Waals surface area contributed by atoms with Crippen molar-refractivity contribution in [1.29, 1.82) is 0 Å².